The number of aryl methyl sites for hydroxylation is 1. The van der Waals surface area contributed by atoms with Crippen LogP contribution in [0.3, 0.4) is 0 Å². The van der Waals surface area contributed by atoms with Crippen molar-refractivity contribution < 1.29 is 0 Å². The van der Waals surface area contributed by atoms with E-state index in [1.54, 1.807) is 0 Å². The second-order valence-corrected chi connectivity index (χ2v) is 7.83. The average molecular weight is 320 g/mol. The summed E-state index contributed by atoms with van der Waals surface area (Å²) in [5, 5.41) is 3.89. The van der Waals surface area contributed by atoms with Crippen LogP contribution in [0.25, 0.3) is 0 Å². The third-order valence-electron chi connectivity index (χ3n) is 5.74. The molecule has 4 aliphatic rings. The molecule has 0 aromatic heterocycles. The van der Waals surface area contributed by atoms with Crippen molar-refractivity contribution in [2.75, 3.05) is 5.32 Å². The van der Waals surface area contributed by atoms with Gasteiger partial charge in [-0.05, 0) is 90.3 Å². The zero-order valence-corrected chi connectivity index (χ0v) is 13.1. The van der Waals surface area contributed by atoms with E-state index in [1.165, 1.54) is 47.8 Å². The van der Waals surface area contributed by atoms with Gasteiger partial charge < -0.3 is 5.32 Å². The van der Waals surface area contributed by atoms with Gasteiger partial charge in [0.25, 0.3) is 0 Å². The highest BCUT2D eigenvalue weighted by atomic mass is 79.9. The summed E-state index contributed by atoms with van der Waals surface area (Å²) in [6.07, 6.45) is 7.46. The highest BCUT2D eigenvalue weighted by Gasteiger charge is 2.48. The topological polar surface area (TPSA) is 12.0 Å². The second-order valence-electron chi connectivity index (χ2n) is 7.04. The Bertz CT molecular complexity index is 468. The van der Waals surface area contributed by atoms with Gasteiger partial charge in [-0.25, -0.2) is 0 Å². The lowest BCUT2D eigenvalue weighted by Crippen LogP contribution is -2.51. The minimum absolute atomic E-state index is 0.728. The van der Waals surface area contributed by atoms with Crippen molar-refractivity contribution in [2.24, 2.45) is 23.7 Å². The number of anilines is 1. The SMILES string of the molecule is Cc1cccc(NC2C3CC4CC(C3)CC2C4)c1Br. The summed E-state index contributed by atoms with van der Waals surface area (Å²) in [4.78, 5) is 0. The Morgan fingerprint density at radius 3 is 2.26 bits per heavy atom. The molecule has 4 bridgehead atoms. The predicted molar refractivity (Wildman–Crippen MR) is 83.3 cm³/mol. The molecule has 0 amide bonds. The number of hydrogen-bond acceptors (Lipinski definition) is 1. The molecule has 4 aliphatic carbocycles. The van der Waals surface area contributed by atoms with Gasteiger partial charge in [-0.1, -0.05) is 12.1 Å². The zero-order chi connectivity index (χ0) is 13.0. The first-order valence-corrected chi connectivity index (χ1v) is 8.51. The lowest BCUT2D eigenvalue weighted by atomic mass is 9.54. The molecule has 0 aliphatic heterocycles. The highest BCUT2D eigenvalue weighted by molar-refractivity contribution is 9.10. The van der Waals surface area contributed by atoms with Gasteiger partial charge in [0.1, 0.15) is 0 Å². The monoisotopic (exact) mass is 319 g/mol. The van der Waals surface area contributed by atoms with E-state index < -0.39 is 0 Å². The number of rotatable bonds is 2. The van der Waals surface area contributed by atoms with E-state index in [1.807, 2.05) is 0 Å². The fourth-order valence-electron chi connectivity index (χ4n) is 5.10. The van der Waals surface area contributed by atoms with E-state index in [0.717, 1.165) is 29.7 Å². The normalized spacial score (nSPS) is 39.6. The number of halogens is 1. The van der Waals surface area contributed by atoms with E-state index >= 15 is 0 Å². The third-order valence-corrected chi connectivity index (χ3v) is 6.79. The summed E-state index contributed by atoms with van der Waals surface area (Å²) in [6, 6.07) is 7.29. The zero-order valence-electron chi connectivity index (χ0n) is 11.5. The summed E-state index contributed by atoms with van der Waals surface area (Å²) in [5.74, 6) is 3.98. The van der Waals surface area contributed by atoms with Gasteiger partial charge in [-0.3, -0.25) is 0 Å². The van der Waals surface area contributed by atoms with Crippen molar-refractivity contribution in [2.45, 2.75) is 45.1 Å². The molecule has 0 heterocycles. The van der Waals surface area contributed by atoms with E-state index in [9.17, 15) is 0 Å². The van der Waals surface area contributed by atoms with Gasteiger partial charge in [-0.2, -0.15) is 0 Å². The van der Waals surface area contributed by atoms with Crippen LogP contribution in [0.2, 0.25) is 0 Å². The van der Waals surface area contributed by atoms with Crippen LogP contribution >= 0.6 is 15.9 Å². The van der Waals surface area contributed by atoms with E-state index in [2.05, 4.69) is 46.4 Å². The Morgan fingerprint density at radius 2 is 1.63 bits per heavy atom. The molecule has 5 rings (SSSR count). The van der Waals surface area contributed by atoms with Crippen LogP contribution in [0.4, 0.5) is 5.69 Å². The van der Waals surface area contributed by atoms with Crippen LogP contribution in [-0.4, -0.2) is 6.04 Å². The Kier molecular flexibility index (Phi) is 2.91. The quantitative estimate of drug-likeness (QED) is 0.809. The summed E-state index contributed by atoms with van der Waals surface area (Å²) >= 11 is 3.74. The Morgan fingerprint density at radius 1 is 1.00 bits per heavy atom. The van der Waals surface area contributed by atoms with Gasteiger partial charge in [0.2, 0.25) is 0 Å². The van der Waals surface area contributed by atoms with E-state index in [0.29, 0.717) is 0 Å². The fraction of sp³-hybridized carbons (Fsp3) is 0.647. The van der Waals surface area contributed by atoms with Crippen LogP contribution in [0.5, 0.6) is 0 Å². The maximum atomic E-state index is 3.89. The first-order chi connectivity index (χ1) is 9.20. The standard InChI is InChI=1S/C17H22BrN/c1-10-3-2-4-15(16(10)18)19-17-13-6-11-5-12(8-13)9-14(17)7-11/h2-4,11-14,17,19H,5-9H2,1H3. The van der Waals surface area contributed by atoms with Crippen LogP contribution in [0, 0.1) is 30.6 Å². The van der Waals surface area contributed by atoms with Crippen LogP contribution < -0.4 is 5.32 Å². The maximum Gasteiger partial charge on any atom is 0.0489 e. The molecule has 0 radical (unpaired) electrons. The first-order valence-electron chi connectivity index (χ1n) is 7.72. The minimum atomic E-state index is 0.728. The summed E-state index contributed by atoms with van der Waals surface area (Å²) < 4.78 is 1.25. The molecule has 4 saturated carbocycles. The molecule has 1 aromatic carbocycles. The molecule has 1 N–H and O–H groups in total. The molecule has 0 spiro atoms. The molecule has 1 aromatic rings. The molecule has 19 heavy (non-hydrogen) atoms. The predicted octanol–water partition coefficient (Wildman–Crippen LogP) is 4.99. The number of benzene rings is 1. The lowest BCUT2D eigenvalue weighted by molar-refractivity contribution is 0.00752. The molecule has 0 atom stereocenters. The molecular formula is C17H22BrN. The largest absolute Gasteiger partial charge is 0.381 e. The Balaban J connectivity index is 1.58. The van der Waals surface area contributed by atoms with Crippen LogP contribution in [-0.2, 0) is 0 Å². The molecule has 102 valence electrons. The minimum Gasteiger partial charge on any atom is -0.381 e. The molecular weight excluding hydrogens is 298 g/mol. The highest BCUT2D eigenvalue weighted by Crippen LogP contribution is 2.54. The van der Waals surface area contributed by atoms with Crippen molar-refractivity contribution in [3.8, 4) is 0 Å². The molecule has 0 saturated heterocycles. The van der Waals surface area contributed by atoms with Crippen LogP contribution in [0.1, 0.15) is 37.7 Å². The number of hydrogen-bond donors (Lipinski definition) is 1. The Hall–Kier alpha value is -0.500. The average Bonchev–Trinajstić information content (AvgIpc) is 2.38. The smallest absolute Gasteiger partial charge is 0.0489 e. The van der Waals surface area contributed by atoms with Crippen molar-refractivity contribution in [1.29, 1.82) is 0 Å². The van der Waals surface area contributed by atoms with Crippen molar-refractivity contribution >= 4 is 21.6 Å². The van der Waals surface area contributed by atoms with Crippen LogP contribution in [0.15, 0.2) is 22.7 Å². The lowest BCUT2D eigenvalue weighted by Gasteiger charge is -2.54. The maximum absolute atomic E-state index is 3.89. The third kappa shape index (κ3) is 2.03. The van der Waals surface area contributed by atoms with Crippen molar-refractivity contribution in [3.63, 3.8) is 0 Å². The van der Waals surface area contributed by atoms with E-state index in [4.69, 9.17) is 0 Å². The van der Waals surface area contributed by atoms with Gasteiger partial charge in [0.15, 0.2) is 0 Å². The van der Waals surface area contributed by atoms with E-state index in [-0.39, 0.29) is 0 Å². The summed E-state index contributed by atoms with van der Waals surface area (Å²) in [6.45, 7) is 2.17. The first kappa shape index (κ1) is 12.3. The van der Waals surface area contributed by atoms with Gasteiger partial charge in [0.05, 0.1) is 0 Å². The summed E-state index contributed by atoms with van der Waals surface area (Å²) in [7, 11) is 0. The summed E-state index contributed by atoms with van der Waals surface area (Å²) in [5.41, 5.74) is 2.63. The van der Waals surface area contributed by atoms with Gasteiger partial charge in [0, 0.05) is 16.2 Å². The van der Waals surface area contributed by atoms with Gasteiger partial charge in [-0.15, -0.1) is 0 Å². The number of nitrogens with one attached hydrogen (secondary N) is 1. The molecule has 1 nitrogen and oxygen atoms in total. The molecule has 4 fully saturated rings. The molecule has 0 unspecified atom stereocenters. The molecule has 2 heteroatoms. The second kappa shape index (κ2) is 4.51. The van der Waals surface area contributed by atoms with Gasteiger partial charge >= 0.3 is 0 Å². The fourth-order valence-corrected chi connectivity index (χ4v) is 5.48. The van der Waals surface area contributed by atoms with Crippen molar-refractivity contribution in [1.82, 2.24) is 0 Å². The Labute approximate surface area is 124 Å². The van der Waals surface area contributed by atoms with Crippen molar-refractivity contribution in [3.05, 3.63) is 28.2 Å².